The molecule has 0 bridgehead atoms. The third-order valence-electron chi connectivity index (χ3n) is 2.96. The molecule has 3 rings (SSSR count). The number of hydrogen-bond acceptors (Lipinski definition) is 7. The molecule has 0 amide bonds. The molecule has 2 heterocycles. The van der Waals surface area contributed by atoms with Crippen molar-refractivity contribution in [1.82, 2.24) is 15.0 Å². The van der Waals surface area contributed by atoms with Gasteiger partial charge in [0.2, 0.25) is 0 Å². The van der Waals surface area contributed by atoms with Gasteiger partial charge in [0.1, 0.15) is 17.8 Å². The Morgan fingerprint density at radius 3 is 2.39 bits per heavy atom. The smallest absolute Gasteiger partial charge is 0.173 e. The van der Waals surface area contributed by atoms with Gasteiger partial charge in [0.25, 0.3) is 0 Å². The number of hydrogen-bond donors (Lipinski definition) is 4. The molecule has 116 valence electrons. The van der Waals surface area contributed by atoms with E-state index in [4.69, 9.17) is 17.3 Å². The van der Waals surface area contributed by atoms with Crippen LogP contribution in [0.5, 0.6) is 0 Å². The third kappa shape index (κ3) is 3.78. The van der Waals surface area contributed by atoms with Crippen molar-refractivity contribution in [1.29, 1.82) is 0 Å². The summed E-state index contributed by atoms with van der Waals surface area (Å²) in [6.07, 6.45) is 2.95. The fourth-order valence-corrected chi connectivity index (χ4v) is 1.93. The predicted octanol–water partition coefficient (Wildman–Crippen LogP) is 3.29. The lowest BCUT2D eigenvalue weighted by atomic mass is 10.3. The molecular weight excluding hydrogens is 314 g/mol. The minimum absolute atomic E-state index is 0.368. The maximum absolute atomic E-state index is 6.08. The van der Waals surface area contributed by atoms with E-state index >= 15 is 0 Å². The fourth-order valence-electron chi connectivity index (χ4n) is 1.82. The number of nitrogens with two attached hydrogens (primary N) is 1. The van der Waals surface area contributed by atoms with Gasteiger partial charge in [-0.05, 0) is 24.3 Å². The van der Waals surface area contributed by atoms with E-state index < -0.39 is 0 Å². The summed E-state index contributed by atoms with van der Waals surface area (Å²) < 4.78 is 0. The normalized spacial score (nSPS) is 10.1. The summed E-state index contributed by atoms with van der Waals surface area (Å²) in [6, 6.07) is 13.1. The summed E-state index contributed by atoms with van der Waals surface area (Å²) in [6.45, 7) is 0. The van der Waals surface area contributed by atoms with E-state index in [1.807, 2.05) is 30.3 Å². The molecule has 0 aliphatic heterocycles. The van der Waals surface area contributed by atoms with Crippen LogP contribution in [-0.2, 0) is 0 Å². The molecule has 0 saturated heterocycles. The van der Waals surface area contributed by atoms with E-state index in [0.29, 0.717) is 28.2 Å². The second-order valence-electron chi connectivity index (χ2n) is 4.59. The van der Waals surface area contributed by atoms with E-state index in [2.05, 4.69) is 31.1 Å². The number of nitrogens with zero attached hydrogens (tertiary/aromatic N) is 3. The van der Waals surface area contributed by atoms with Crippen molar-refractivity contribution in [2.24, 2.45) is 0 Å². The van der Waals surface area contributed by atoms with Crippen molar-refractivity contribution in [3.05, 3.63) is 60.0 Å². The molecule has 1 aromatic carbocycles. The van der Waals surface area contributed by atoms with Gasteiger partial charge in [-0.15, -0.1) is 0 Å². The minimum atomic E-state index is 0.368. The lowest BCUT2D eigenvalue weighted by Crippen LogP contribution is -2.13. The van der Waals surface area contributed by atoms with Gasteiger partial charge in [0.15, 0.2) is 11.6 Å². The highest BCUT2D eigenvalue weighted by atomic mass is 35.5. The Hall–Kier alpha value is -3.06. The molecule has 23 heavy (non-hydrogen) atoms. The van der Waals surface area contributed by atoms with Gasteiger partial charge in [0, 0.05) is 6.20 Å². The van der Waals surface area contributed by atoms with Crippen LogP contribution in [0.2, 0.25) is 5.02 Å². The summed E-state index contributed by atoms with van der Waals surface area (Å²) in [4.78, 5) is 12.4. The topological polar surface area (TPSA) is 101 Å². The molecule has 0 radical (unpaired) electrons. The maximum atomic E-state index is 6.08. The zero-order valence-corrected chi connectivity index (χ0v) is 12.7. The van der Waals surface area contributed by atoms with Crippen LogP contribution in [-0.4, -0.2) is 15.0 Å². The van der Waals surface area contributed by atoms with Gasteiger partial charge in [-0.3, -0.25) is 10.9 Å². The number of rotatable bonds is 5. The number of aromatic nitrogens is 3. The second kappa shape index (κ2) is 6.80. The Labute approximate surface area is 137 Å². The van der Waals surface area contributed by atoms with Gasteiger partial charge >= 0.3 is 0 Å². The van der Waals surface area contributed by atoms with Crippen LogP contribution < -0.4 is 21.9 Å². The summed E-state index contributed by atoms with van der Waals surface area (Å²) >= 11 is 5.81. The first-order valence-electron chi connectivity index (χ1n) is 6.78. The number of anilines is 5. The zero-order valence-electron chi connectivity index (χ0n) is 12.0. The van der Waals surface area contributed by atoms with Crippen LogP contribution >= 0.6 is 11.6 Å². The van der Waals surface area contributed by atoms with Crippen molar-refractivity contribution in [2.75, 3.05) is 21.9 Å². The maximum Gasteiger partial charge on any atom is 0.173 e. The molecule has 2 aromatic heterocycles. The number of halogens is 1. The van der Waals surface area contributed by atoms with E-state index in [1.54, 1.807) is 12.1 Å². The number of nitrogen functional groups attached to an aromatic ring is 1. The summed E-state index contributed by atoms with van der Waals surface area (Å²) in [7, 11) is 0. The first-order chi connectivity index (χ1) is 11.2. The zero-order chi connectivity index (χ0) is 16.1. The standard InChI is InChI=1S/C15H14ClN7/c16-10-6-7-12(18-8-10)21-14-13(17)15(20-9-19-14)23-22-11-4-2-1-3-5-11/h1-9,22H,17H2,(H2,18,19,20,21,23). The highest BCUT2D eigenvalue weighted by Gasteiger charge is 2.08. The molecule has 3 aromatic rings. The Bertz CT molecular complexity index is 778. The summed E-state index contributed by atoms with van der Waals surface area (Å²) in [5.74, 6) is 1.49. The Kier molecular flexibility index (Phi) is 4.39. The van der Waals surface area contributed by atoms with Gasteiger partial charge in [0.05, 0.1) is 10.7 Å². The van der Waals surface area contributed by atoms with Crippen molar-refractivity contribution in [3.63, 3.8) is 0 Å². The van der Waals surface area contributed by atoms with Crippen LogP contribution in [0.25, 0.3) is 0 Å². The molecular formula is C15H14ClN7. The Balaban J connectivity index is 1.74. The van der Waals surface area contributed by atoms with E-state index in [0.717, 1.165) is 5.69 Å². The minimum Gasteiger partial charge on any atom is -0.393 e. The van der Waals surface area contributed by atoms with Gasteiger partial charge in [-0.1, -0.05) is 29.8 Å². The lowest BCUT2D eigenvalue weighted by Gasteiger charge is -2.13. The Morgan fingerprint density at radius 1 is 0.870 bits per heavy atom. The molecule has 0 spiro atoms. The molecule has 0 fully saturated rings. The largest absolute Gasteiger partial charge is 0.393 e. The molecule has 7 nitrogen and oxygen atoms in total. The molecule has 0 aliphatic rings. The first-order valence-corrected chi connectivity index (χ1v) is 7.16. The molecule has 0 aliphatic carbocycles. The van der Waals surface area contributed by atoms with Crippen molar-refractivity contribution in [3.8, 4) is 0 Å². The monoisotopic (exact) mass is 327 g/mol. The van der Waals surface area contributed by atoms with Crippen LogP contribution in [0.15, 0.2) is 55.0 Å². The predicted molar refractivity (Wildman–Crippen MR) is 92.7 cm³/mol. The average Bonchev–Trinajstić information content (AvgIpc) is 2.58. The highest BCUT2D eigenvalue weighted by Crippen LogP contribution is 2.25. The molecule has 5 N–H and O–H groups in total. The van der Waals surface area contributed by atoms with Crippen LogP contribution in [0.1, 0.15) is 0 Å². The molecule has 0 unspecified atom stereocenters. The van der Waals surface area contributed by atoms with E-state index in [-0.39, 0.29) is 0 Å². The van der Waals surface area contributed by atoms with Gasteiger partial charge in [-0.2, -0.15) is 0 Å². The van der Waals surface area contributed by atoms with Crippen LogP contribution in [0.3, 0.4) is 0 Å². The molecule has 0 atom stereocenters. The summed E-state index contributed by atoms with van der Waals surface area (Å²) in [5.41, 5.74) is 13.3. The van der Waals surface area contributed by atoms with Crippen molar-refractivity contribution >= 4 is 40.4 Å². The van der Waals surface area contributed by atoms with Gasteiger partial charge < -0.3 is 11.1 Å². The lowest BCUT2D eigenvalue weighted by molar-refractivity contribution is 1.15. The third-order valence-corrected chi connectivity index (χ3v) is 3.18. The molecule has 8 heteroatoms. The summed E-state index contributed by atoms with van der Waals surface area (Å²) in [5, 5.41) is 3.58. The van der Waals surface area contributed by atoms with Crippen molar-refractivity contribution in [2.45, 2.75) is 0 Å². The van der Waals surface area contributed by atoms with Gasteiger partial charge in [-0.25, -0.2) is 15.0 Å². The Morgan fingerprint density at radius 2 is 1.65 bits per heavy atom. The first kappa shape index (κ1) is 14.9. The van der Waals surface area contributed by atoms with E-state index in [1.165, 1.54) is 12.5 Å². The average molecular weight is 328 g/mol. The fraction of sp³-hybridized carbons (Fsp3) is 0. The second-order valence-corrected chi connectivity index (χ2v) is 5.02. The SMILES string of the molecule is Nc1c(NNc2ccccc2)ncnc1Nc1ccc(Cl)cn1. The number of nitrogens with one attached hydrogen (secondary N) is 3. The number of pyridine rings is 1. The number of hydrazine groups is 1. The van der Waals surface area contributed by atoms with Crippen LogP contribution in [0, 0.1) is 0 Å². The van der Waals surface area contributed by atoms with Crippen LogP contribution in [0.4, 0.5) is 28.8 Å². The van der Waals surface area contributed by atoms with E-state index in [9.17, 15) is 0 Å². The quantitative estimate of drug-likeness (QED) is 0.533. The highest BCUT2D eigenvalue weighted by molar-refractivity contribution is 6.30. The van der Waals surface area contributed by atoms with Crippen molar-refractivity contribution < 1.29 is 0 Å². The number of benzene rings is 1. The number of para-hydroxylation sites is 1. The molecule has 0 saturated carbocycles.